The lowest BCUT2D eigenvalue weighted by molar-refractivity contribution is -0.137. The van der Waals surface area contributed by atoms with E-state index in [2.05, 4.69) is 0 Å². The van der Waals surface area contributed by atoms with E-state index in [4.69, 9.17) is 9.84 Å². The molecule has 0 heterocycles. The van der Waals surface area contributed by atoms with Gasteiger partial charge in [-0.3, -0.25) is 14.4 Å². The quantitative estimate of drug-likeness (QED) is 0.769. The van der Waals surface area contributed by atoms with Gasteiger partial charge in [0.1, 0.15) is 6.54 Å². The molecule has 0 fully saturated rings. The molecule has 2 amide bonds. The maximum Gasteiger partial charge on any atom is 0.323 e. The zero-order valence-corrected chi connectivity index (χ0v) is 15.3. The Balaban J connectivity index is 2.23. The SMILES string of the molecule is COCCN(CC(=O)O)C(=O)c1cccc(C(=O)N(C)c2ccccc2)c1. The fourth-order valence-corrected chi connectivity index (χ4v) is 2.55. The second kappa shape index (κ2) is 9.49. The molecule has 0 saturated heterocycles. The number of amides is 2. The number of methoxy groups -OCH3 is 1. The summed E-state index contributed by atoms with van der Waals surface area (Å²) >= 11 is 0. The highest BCUT2D eigenvalue weighted by molar-refractivity contribution is 6.07. The number of carboxylic acid groups (broad SMARTS) is 1. The van der Waals surface area contributed by atoms with E-state index in [1.807, 2.05) is 30.3 Å². The molecule has 0 radical (unpaired) electrons. The van der Waals surface area contributed by atoms with Gasteiger partial charge in [0.2, 0.25) is 0 Å². The van der Waals surface area contributed by atoms with Crippen LogP contribution in [0.4, 0.5) is 5.69 Å². The second-order valence-corrected chi connectivity index (χ2v) is 5.89. The third-order valence-corrected chi connectivity index (χ3v) is 3.98. The van der Waals surface area contributed by atoms with Crippen molar-refractivity contribution in [2.75, 3.05) is 38.8 Å². The number of anilines is 1. The third kappa shape index (κ3) is 5.39. The maximum atomic E-state index is 12.7. The lowest BCUT2D eigenvalue weighted by Gasteiger charge is -2.21. The van der Waals surface area contributed by atoms with Gasteiger partial charge < -0.3 is 19.6 Å². The Labute approximate surface area is 157 Å². The van der Waals surface area contributed by atoms with Crippen LogP contribution in [0.2, 0.25) is 0 Å². The predicted octanol–water partition coefficient (Wildman–Crippen LogP) is 2.14. The molecule has 7 nitrogen and oxygen atoms in total. The summed E-state index contributed by atoms with van der Waals surface area (Å²) in [6.45, 7) is -0.0810. The van der Waals surface area contributed by atoms with Crippen molar-refractivity contribution in [3.8, 4) is 0 Å². The molecular weight excluding hydrogens is 348 g/mol. The molecule has 7 heteroatoms. The molecule has 0 aliphatic carbocycles. The molecule has 0 spiro atoms. The monoisotopic (exact) mass is 370 g/mol. The van der Waals surface area contributed by atoms with Crippen molar-refractivity contribution >= 4 is 23.5 Å². The van der Waals surface area contributed by atoms with Gasteiger partial charge >= 0.3 is 5.97 Å². The molecule has 0 aromatic heterocycles. The summed E-state index contributed by atoms with van der Waals surface area (Å²) < 4.78 is 4.93. The van der Waals surface area contributed by atoms with E-state index < -0.39 is 18.4 Å². The molecule has 27 heavy (non-hydrogen) atoms. The Hall–Kier alpha value is -3.19. The first-order valence-corrected chi connectivity index (χ1v) is 8.37. The summed E-state index contributed by atoms with van der Waals surface area (Å²) in [5.41, 5.74) is 1.32. The molecule has 0 unspecified atom stereocenters. The number of aliphatic carboxylic acids is 1. The summed E-state index contributed by atoms with van der Waals surface area (Å²) in [7, 11) is 3.13. The number of hydrogen-bond donors (Lipinski definition) is 1. The van der Waals surface area contributed by atoms with E-state index in [9.17, 15) is 14.4 Å². The summed E-state index contributed by atoms with van der Waals surface area (Å²) in [5.74, 6) is -1.85. The molecule has 2 rings (SSSR count). The summed E-state index contributed by atoms with van der Waals surface area (Å²) in [6, 6.07) is 15.4. The van der Waals surface area contributed by atoms with Crippen LogP contribution in [0.5, 0.6) is 0 Å². The van der Waals surface area contributed by atoms with E-state index in [1.54, 1.807) is 25.2 Å². The smallest absolute Gasteiger partial charge is 0.323 e. The number of benzene rings is 2. The van der Waals surface area contributed by atoms with Crippen LogP contribution in [-0.2, 0) is 9.53 Å². The van der Waals surface area contributed by atoms with Gasteiger partial charge in [0.05, 0.1) is 6.61 Å². The molecule has 1 N–H and O–H groups in total. The lowest BCUT2D eigenvalue weighted by atomic mass is 10.1. The highest BCUT2D eigenvalue weighted by atomic mass is 16.5. The Morgan fingerprint density at radius 1 is 0.963 bits per heavy atom. The average molecular weight is 370 g/mol. The van der Waals surface area contributed by atoms with Crippen molar-refractivity contribution in [3.63, 3.8) is 0 Å². The normalized spacial score (nSPS) is 10.3. The number of rotatable bonds is 8. The van der Waals surface area contributed by atoms with Gasteiger partial charge in [-0.25, -0.2) is 0 Å². The maximum absolute atomic E-state index is 12.7. The summed E-state index contributed by atoms with van der Waals surface area (Å²) in [5, 5.41) is 9.03. The van der Waals surface area contributed by atoms with E-state index in [0.717, 1.165) is 5.69 Å². The first kappa shape index (κ1) is 20.1. The standard InChI is InChI=1S/C20H22N2O5/c1-21(17-9-4-3-5-10-17)19(25)15-7-6-8-16(13-15)20(26)22(11-12-27-2)14-18(23)24/h3-10,13H,11-12,14H2,1-2H3,(H,23,24). The summed E-state index contributed by atoms with van der Waals surface area (Å²) in [4.78, 5) is 39.1. The van der Waals surface area contributed by atoms with E-state index in [1.165, 1.54) is 23.0 Å². The molecular formula is C20H22N2O5. The number of ether oxygens (including phenoxy) is 1. The van der Waals surface area contributed by atoms with E-state index in [0.29, 0.717) is 5.56 Å². The lowest BCUT2D eigenvalue weighted by Crippen LogP contribution is -2.38. The van der Waals surface area contributed by atoms with Gasteiger partial charge in [-0.15, -0.1) is 0 Å². The predicted molar refractivity (Wildman–Crippen MR) is 101 cm³/mol. The fourth-order valence-electron chi connectivity index (χ4n) is 2.55. The van der Waals surface area contributed by atoms with Crippen LogP contribution in [0.25, 0.3) is 0 Å². The van der Waals surface area contributed by atoms with Gasteiger partial charge in [0.25, 0.3) is 11.8 Å². The number of carboxylic acids is 1. The number of para-hydroxylation sites is 1. The molecule has 142 valence electrons. The van der Waals surface area contributed by atoms with Crippen LogP contribution < -0.4 is 4.90 Å². The Bertz CT molecular complexity index is 807. The Morgan fingerprint density at radius 3 is 2.19 bits per heavy atom. The number of carbonyl (C=O) groups is 3. The topological polar surface area (TPSA) is 87.1 Å². The summed E-state index contributed by atoms with van der Waals surface area (Å²) in [6.07, 6.45) is 0. The number of carbonyl (C=O) groups excluding carboxylic acids is 2. The largest absolute Gasteiger partial charge is 0.480 e. The zero-order valence-electron chi connectivity index (χ0n) is 15.3. The van der Waals surface area contributed by atoms with Crippen molar-refractivity contribution in [2.24, 2.45) is 0 Å². The van der Waals surface area contributed by atoms with Crippen LogP contribution >= 0.6 is 0 Å². The first-order valence-electron chi connectivity index (χ1n) is 8.37. The van der Waals surface area contributed by atoms with E-state index in [-0.39, 0.29) is 24.6 Å². The van der Waals surface area contributed by atoms with Crippen molar-refractivity contribution in [1.29, 1.82) is 0 Å². The van der Waals surface area contributed by atoms with Gasteiger partial charge in [0, 0.05) is 37.5 Å². The molecule has 2 aromatic carbocycles. The highest BCUT2D eigenvalue weighted by Crippen LogP contribution is 2.16. The first-order chi connectivity index (χ1) is 12.9. The fraction of sp³-hybridized carbons (Fsp3) is 0.250. The molecule has 2 aromatic rings. The van der Waals surface area contributed by atoms with Crippen LogP contribution in [0.1, 0.15) is 20.7 Å². The number of nitrogens with zero attached hydrogens (tertiary/aromatic N) is 2. The van der Waals surface area contributed by atoms with Crippen molar-refractivity contribution in [3.05, 3.63) is 65.7 Å². The molecule has 0 atom stereocenters. The molecule has 0 aliphatic rings. The highest BCUT2D eigenvalue weighted by Gasteiger charge is 2.20. The van der Waals surface area contributed by atoms with Gasteiger partial charge in [0.15, 0.2) is 0 Å². The van der Waals surface area contributed by atoms with Crippen molar-refractivity contribution < 1.29 is 24.2 Å². The Morgan fingerprint density at radius 2 is 1.59 bits per heavy atom. The average Bonchev–Trinajstić information content (AvgIpc) is 2.70. The van der Waals surface area contributed by atoms with Crippen LogP contribution in [0.3, 0.4) is 0 Å². The minimum atomic E-state index is -1.12. The van der Waals surface area contributed by atoms with Crippen LogP contribution in [0.15, 0.2) is 54.6 Å². The third-order valence-electron chi connectivity index (χ3n) is 3.98. The van der Waals surface area contributed by atoms with E-state index >= 15 is 0 Å². The Kier molecular flexibility index (Phi) is 7.08. The van der Waals surface area contributed by atoms with Crippen LogP contribution in [0, 0.1) is 0 Å². The molecule has 0 aliphatic heterocycles. The van der Waals surface area contributed by atoms with Crippen molar-refractivity contribution in [2.45, 2.75) is 0 Å². The minimum absolute atomic E-state index is 0.143. The van der Waals surface area contributed by atoms with Gasteiger partial charge in [-0.2, -0.15) is 0 Å². The van der Waals surface area contributed by atoms with Crippen molar-refractivity contribution in [1.82, 2.24) is 4.90 Å². The van der Waals surface area contributed by atoms with Gasteiger partial charge in [-0.05, 0) is 30.3 Å². The molecule has 0 bridgehead atoms. The van der Waals surface area contributed by atoms with Crippen LogP contribution in [-0.4, -0.2) is 61.6 Å². The second-order valence-electron chi connectivity index (χ2n) is 5.89. The molecule has 0 saturated carbocycles. The van der Waals surface area contributed by atoms with Gasteiger partial charge in [-0.1, -0.05) is 24.3 Å². The zero-order chi connectivity index (χ0) is 19.8. The number of hydrogen-bond acceptors (Lipinski definition) is 4. The minimum Gasteiger partial charge on any atom is -0.480 e.